The lowest BCUT2D eigenvalue weighted by Crippen LogP contribution is -2.36. The minimum absolute atomic E-state index is 0.176. The van der Waals surface area contributed by atoms with Gasteiger partial charge in [0.1, 0.15) is 0 Å². The van der Waals surface area contributed by atoms with Crippen molar-refractivity contribution in [3.8, 4) is 11.3 Å². The molecule has 2 aromatic carbocycles. The van der Waals surface area contributed by atoms with Gasteiger partial charge in [-0.15, -0.1) is 0 Å². The second kappa shape index (κ2) is 11.4. The van der Waals surface area contributed by atoms with E-state index in [0.717, 1.165) is 51.8 Å². The van der Waals surface area contributed by atoms with Crippen LogP contribution in [0.4, 0.5) is 10.5 Å². The second-order valence-electron chi connectivity index (χ2n) is 7.45. The van der Waals surface area contributed by atoms with E-state index in [1.165, 1.54) is 5.56 Å². The van der Waals surface area contributed by atoms with Crippen LogP contribution in [0, 0.1) is 6.92 Å². The van der Waals surface area contributed by atoms with Crippen molar-refractivity contribution in [3.05, 3.63) is 54.2 Å². The summed E-state index contributed by atoms with van der Waals surface area (Å²) in [6.07, 6.45) is 2.08. The zero-order valence-corrected chi connectivity index (χ0v) is 19.9. The van der Waals surface area contributed by atoms with Gasteiger partial charge in [0, 0.05) is 30.5 Å². The van der Waals surface area contributed by atoms with E-state index in [2.05, 4.69) is 71.2 Å². The quantitative estimate of drug-likeness (QED) is 0.343. The number of carboxylic acid groups (broad SMARTS) is 1. The Kier molecular flexibility index (Phi) is 8.39. The number of nitrogens with one attached hydrogen (secondary N) is 2. The number of hydrogen-bond acceptors (Lipinski definition) is 5. The fraction of sp³-hybridized carbons (Fsp3) is 0.292. The van der Waals surface area contributed by atoms with Gasteiger partial charge in [-0.2, -0.15) is 0 Å². The molecule has 4 rings (SSSR count). The molecule has 33 heavy (non-hydrogen) atoms. The molecular weight excluding hydrogens is 438 g/mol. The van der Waals surface area contributed by atoms with Crippen LogP contribution in [-0.2, 0) is 4.79 Å². The first-order valence-corrected chi connectivity index (χ1v) is 11.6. The maximum atomic E-state index is 12.2. The Morgan fingerprint density at radius 3 is 2.67 bits per heavy atom. The first-order valence-electron chi connectivity index (χ1n) is 10.8. The second-order valence-corrected chi connectivity index (χ2v) is 8.46. The predicted molar refractivity (Wildman–Crippen MR) is 134 cm³/mol. The molecule has 2 amide bonds. The van der Waals surface area contributed by atoms with Crippen LogP contribution in [0.2, 0.25) is 0 Å². The summed E-state index contributed by atoms with van der Waals surface area (Å²) in [6.45, 7) is 9.55. The van der Waals surface area contributed by atoms with Crippen molar-refractivity contribution in [1.29, 1.82) is 0 Å². The number of aromatic nitrogens is 2. The minimum Gasteiger partial charge on any atom is -0.483 e. The summed E-state index contributed by atoms with van der Waals surface area (Å²) in [4.78, 5) is 28.6. The van der Waals surface area contributed by atoms with Crippen LogP contribution in [0.15, 0.2) is 48.7 Å². The molecule has 0 bridgehead atoms. The maximum absolute atomic E-state index is 12.2. The Bertz CT molecular complexity index is 1230. The topological polar surface area (TPSA) is 99.0 Å². The van der Waals surface area contributed by atoms with E-state index in [1.54, 1.807) is 11.3 Å². The number of likely N-dealkylation sites (N-methyl/N-ethyl adjacent to an activating group) is 1. The Balaban J connectivity index is 0.000000968. The average Bonchev–Trinajstić information content (AvgIpc) is 3.35. The summed E-state index contributed by atoms with van der Waals surface area (Å²) in [5.41, 5.74) is 5.19. The summed E-state index contributed by atoms with van der Waals surface area (Å²) < 4.78 is 3.21. The van der Waals surface area contributed by atoms with Gasteiger partial charge in [0.2, 0.25) is 0 Å². The van der Waals surface area contributed by atoms with Crippen LogP contribution in [0.5, 0.6) is 0 Å². The number of carbonyl (C=O) groups is 2. The molecule has 174 valence electrons. The molecule has 0 unspecified atom stereocenters. The minimum atomic E-state index is -0.250. The lowest BCUT2D eigenvalue weighted by atomic mass is 10.1. The Morgan fingerprint density at radius 1 is 1.21 bits per heavy atom. The molecule has 8 nitrogen and oxygen atoms in total. The number of rotatable bonds is 7. The van der Waals surface area contributed by atoms with Gasteiger partial charge < -0.3 is 20.6 Å². The molecular formula is C24H29N5O3S. The van der Waals surface area contributed by atoms with E-state index in [1.807, 2.05) is 18.2 Å². The largest absolute Gasteiger partial charge is 0.483 e. The molecule has 2 heterocycles. The van der Waals surface area contributed by atoms with E-state index in [9.17, 15) is 4.79 Å². The number of imidazole rings is 1. The smallest absolute Gasteiger partial charge is 0.319 e. The Hall–Kier alpha value is -3.43. The lowest BCUT2D eigenvalue weighted by Gasteiger charge is -2.18. The molecule has 4 aromatic rings. The molecule has 0 fully saturated rings. The van der Waals surface area contributed by atoms with Crippen LogP contribution in [0.1, 0.15) is 19.4 Å². The van der Waals surface area contributed by atoms with Crippen LogP contribution < -0.4 is 10.6 Å². The summed E-state index contributed by atoms with van der Waals surface area (Å²) >= 11 is 1.62. The molecule has 3 N–H and O–H groups in total. The van der Waals surface area contributed by atoms with Crippen LogP contribution >= 0.6 is 11.3 Å². The zero-order chi connectivity index (χ0) is 23.8. The molecule has 0 saturated carbocycles. The van der Waals surface area contributed by atoms with Gasteiger partial charge in [0.25, 0.3) is 6.47 Å². The molecule has 0 aliphatic rings. The highest BCUT2D eigenvalue weighted by Crippen LogP contribution is 2.31. The number of anilines is 1. The number of carbonyl (C=O) groups excluding carboxylic acids is 1. The molecule has 2 aromatic heterocycles. The normalized spacial score (nSPS) is 10.8. The zero-order valence-electron chi connectivity index (χ0n) is 19.0. The van der Waals surface area contributed by atoms with Gasteiger partial charge in [-0.3, -0.25) is 9.20 Å². The predicted octanol–water partition coefficient (Wildman–Crippen LogP) is 4.69. The van der Waals surface area contributed by atoms with E-state index in [0.29, 0.717) is 6.54 Å². The van der Waals surface area contributed by atoms with Gasteiger partial charge >= 0.3 is 6.03 Å². The summed E-state index contributed by atoms with van der Waals surface area (Å²) in [5.74, 6) is 0. The third-order valence-electron chi connectivity index (χ3n) is 5.27. The van der Waals surface area contributed by atoms with Gasteiger partial charge in [-0.25, -0.2) is 9.78 Å². The number of benzene rings is 2. The van der Waals surface area contributed by atoms with E-state index >= 15 is 0 Å². The standard InChI is InChI=1S/C23H27N5OS.CH2O2/c1-4-27(5-2)12-11-24-22(29)25-18-9-10-20-21(14-18)30-23-26-19(15-28(20)23)17-8-6-7-16(3)13-17;2-1-3/h6-10,13-15H,4-5,11-12H2,1-3H3,(H2,24,25,29);1H,(H,2,3). The monoisotopic (exact) mass is 467 g/mol. The number of hydrogen-bond donors (Lipinski definition) is 3. The Labute approximate surface area is 196 Å². The number of thiazole rings is 1. The highest BCUT2D eigenvalue weighted by atomic mass is 32.1. The van der Waals surface area contributed by atoms with Gasteiger partial charge in [0.15, 0.2) is 4.96 Å². The van der Waals surface area contributed by atoms with E-state index in [4.69, 9.17) is 14.9 Å². The fourth-order valence-electron chi connectivity index (χ4n) is 3.57. The van der Waals surface area contributed by atoms with Gasteiger partial charge in [-0.05, 0) is 44.3 Å². The number of nitrogens with zero attached hydrogens (tertiary/aromatic N) is 3. The highest BCUT2D eigenvalue weighted by Gasteiger charge is 2.12. The number of aryl methyl sites for hydroxylation is 1. The van der Waals surface area contributed by atoms with Crippen molar-refractivity contribution in [1.82, 2.24) is 19.6 Å². The number of amides is 2. The molecule has 0 atom stereocenters. The van der Waals surface area contributed by atoms with Gasteiger partial charge in [0.05, 0.1) is 15.9 Å². The number of urea groups is 1. The lowest BCUT2D eigenvalue weighted by molar-refractivity contribution is -0.122. The van der Waals surface area contributed by atoms with E-state index < -0.39 is 0 Å². The van der Waals surface area contributed by atoms with Crippen LogP contribution in [-0.4, -0.2) is 58.1 Å². The summed E-state index contributed by atoms with van der Waals surface area (Å²) in [7, 11) is 0. The third-order valence-corrected chi connectivity index (χ3v) is 6.29. The highest BCUT2D eigenvalue weighted by molar-refractivity contribution is 7.23. The van der Waals surface area contributed by atoms with Gasteiger partial charge in [-0.1, -0.05) is 48.9 Å². The summed E-state index contributed by atoms with van der Waals surface area (Å²) in [5, 5.41) is 12.7. The van der Waals surface area contributed by atoms with Crippen LogP contribution in [0.3, 0.4) is 0 Å². The van der Waals surface area contributed by atoms with Crippen molar-refractivity contribution in [2.75, 3.05) is 31.5 Å². The molecule has 0 aliphatic carbocycles. The van der Waals surface area contributed by atoms with E-state index in [-0.39, 0.29) is 12.5 Å². The van der Waals surface area contributed by atoms with Crippen molar-refractivity contribution >= 4 is 44.7 Å². The number of fused-ring (bicyclic) bond motifs is 3. The molecule has 0 spiro atoms. The third kappa shape index (κ3) is 6.09. The van der Waals surface area contributed by atoms with Crippen molar-refractivity contribution < 1.29 is 14.7 Å². The molecule has 0 saturated heterocycles. The van der Waals surface area contributed by atoms with Crippen LogP contribution in [0.25, 0.3) is 26.4 Å². The first-order chi connectivity index (χ1) is 16.0. The molecule has 0 radical (unpaired) electrons. The first kappa shape index (κ1) is 24.2. The molecule has 9 heteroatoms. The maximum Gasteiger partial charge on any atom is 0.319 e. The fourth-order valence-corrected chi connectivity index (χ4v) is 4.61. The van der Waals surface area contributed by atoms with Crippen molar-refractivity contribution in [2.24, 2.45) is 0 Å². The summed E-state index contributed by atoms with van der Waals surface area (Å²) in [6, 6.07) is 14.2. The average molecular weight is 468 g/mol. The van der Waals surface area contributed by atoms with Crippen molar-refractivity contribution in [3.63, 3.8) is 0 Å². The van der Waals surface area contributed by atoms with Crippen molar-refractivity contribution in [2.45, 2.75) is 20.8 Å². The SMILES string of the molecule is CCN(CC)CCNC(=O)Nc1ccc2c(c1)sc1nc(-c3cccc(C)c3)cn12.O=CO. The Morgan fingerprint density at radius 2 is 1.97 bits per heavy atom. The molecule has 0 aliphatic heterocycles.